The van der Waals surface area contributed by atoms with E-state index in [1.807, 2.05) is 52.9 Å². The zero-order valence-corrected chi connectivity index (χ0v) is 21.6. The van der Waals surface area contributed by atoms with E-state index in [1.54, 1.807) is 27.8 Å². The Morgan fingerprint density at radius 1 is 1.05 bits per heavy atom. The third-order valence-corrected chi connectivity index (χ3v) is 6.54. The molecule has 2 aromatic heterocycles. The summed E-state index contributed by atoms with van der Waals surface area (Å²) in [5, 5.41) is 12.8. The Morgan fingerprint density at radius 3 is 2.46 bits per heavy atom. The van der Waals surface area contributed by atoms with Crippen molar-refractivity contribution < 1.29 is 18.0 Å². The standard InChI is InChI=1S/C28H30F3N5O/c1-17(2)6-8-20-10-22(14-23(11-20)28(29,30)31)27(37)13-21-9-7-18(3)26(12-21)36-16-25(33-34-36)24-15-32-35(5)19(24)4/h7,9-12,14-17H,6,8,13H2,1-5H3. The zero-order chi connectivity index (χ0) is 26.9. The molecule has 194 valence electrons. The first-order valence-corrected chi connectivity index (χ1v) is 12.2. The number of nitrogens with zero attached hydrogens (tertiary/aromatic N) is 5. The Hall–Kier alpha value is -3.75. The molecule has 2 aromatic carbocycles. The van der Waals surface area contributed by atoms with E-state index in [-0.39, 0.29) is 17.8 Å². The second-order valence-corrected chi connectivity index (χ2v) is 9.89. The van der Waals surface area contributed by atoms with Gasteiger partial charge in [-0.15, -0.1) is 5.10 Å². The predicted octanol–water partition coefficient (Wildman–Crippen LogP) is 6.32. The lowest BCUT2D eigenvalue weighted by Crippen LogP contribution is -2.11. The van der Waals surface area contributed by atoms with Crippen molar-refractivity contribution in [2.24, 2.45) is 13.0 Å². The van der Waals surface area contributed by atoms with Crippen LogP contribution in [0.15, 0.2) is 48.8 Å². The van der Waals surface area contributed by atoms with Crippen molar-refractivity contribution in [2.45, 2.75) is 53.1 Å². The monoisotopic (exact) mass is 509 g/mol. The minimum Gasteiger partial charge on any atom is -0.294 e. The van der Waals surface area contributed by atoms with Crippen LogP contribution in [0.5, 0.6) is 0 Å². The Bertz CT molecular complexity index is 1430. The average Bonchev–Trinajstić information content (AvgIpc) is 3.45. The second-order valence-electron chi connectivity index (χ2n) is 9.89. The van der Waals surface area contributed by atoms with E-state index in [0.717, 1.165) is 41.1 Å². The highest BCUT2D eigenvalue weighted by molar-refractivity contribution is 5.98. The number of Topliss-reactive ketones (excluding diaryl/α,β-unsaturated/α-hetero) is 1. The smallest absolute Gasteiger partial charge is 0.294 e. The van der Waals surface area contributed by atoms with Crippen molar-refractivity contribution in [1.29, 1.82) is 0 Å². The van der Waals surface area contributed by atoms with Crippen LogP contribution in [0.4, 0.5) is 13.2 Å². The van der Waals surface area contributed by atoms with E-state index in [4.69, 9.17) is 0 Å². The van der Waals surface area contributed by atoms with E-state index in [1.165, 1.54) is 0 Å². The van der Waals surface area contributed by atoms with Gasteiger partial charge in [0.05, 0.1) is 23.6 Å². The summed E-state index contributed by atoms with van der Waals surface area (Å²) in [6.07, 6.45) is 0.219. The Kier molecular flexibility index (Phi) is 7.34. The maximum Gasteiger partial charge on any atom is 0.416 e. The average molecular weight is 510 g/mol. The molecule has 9 heteroatoms. The molecule has 0 fully saturated rings. The third kappa shape index (κ3) is 5.98. The highest BCUT2D eigenvalue weighted by Gasteiger charge is 2.31. The van der Waals surface area contributed by atoms with E-state index >= 15 is 0 Å². The van der Waals surface area contributed by atoms with Gasteiger partial charge in [0.1, 0.15) is 5.69 Å². The fraction of sp³-hybridized carbons (Fsp3) is 0.357. The van der Waals surface area contributed by atoms with Crippen LogP contribution in [0, 0.1) is 19.8 Å². The molecule has 0 unspecified atom stereocenters. The fourth-order valence-corrected chi connectivity index (χ4v) is 4.17. The van der Waals surface area contributed by atoms with Gasteiger partial charge in [0, 0.05) is 30.3 Å². The van der Waals surface area contributed by atoms with Gasteiger partial charge in [-0.25, -0.2) is 4.68 Å². The zero-order valence-electron chi connectivity index (χ0n) is 21.6. The molecule has 0 spiro atoms. The number of hydrogen-bond acceptors (Lipinski definition) is 4. The van der Waals surface area contributed by atoms with Gasteiger partial charge in [0.2, 0.25) is 0 Å². The first-order valence-electron chi connectivity index (χ1n) is 12.2. The number of carbonyl (C=O) groups excluding carboxylic acids is 1. The Morgan fingerprint density at radius 2 is 1.81 bits per heavy atom. The third-order valence-electron chi connectivity index (χ3n) is 6.54. The number of ketones is 1. The van der Waals surface area contributed by atoms with Crippen LogP contribution in [0.25, 0.3) is 16.9 Å². The normalized spacial score (nSPS) is 11.9. The molecule has 0 radical (unpaired) electrons. The van der Waals surface area contributed by atoms with Crippen LogP contribution in [-0.4, -0.2) is 30.6 Å². The van der Waals surface area contributed by atoms with E-state index in [9.17, 15) is 18.0 Å². The van der Waals surface area contributed by atoms with Gasteiger partial charge in [-0.1, -0.05) is 31.2 Å². The highest BCUT2D eigenvalue weighted by Crippen LogP contribution is 2.32. The van der Waals surface area contributed by atoms with E-state index in [0.29, 0.717) is 29.2 Å². The molecule has 0 atom stereocenters. The molecule has 4 aromatic rings. The molecule has 0 saturated heterocycles. The minimum absolute atomic E-state index is 0.0263. The van der Waals surface area contributed by atoms with Gasteiger partial charge in [-0.05, 0) is 73.6 Å². The van der Waals surface area contributed by atoms with Crippen LogP contribution < -0.4 is 0 Å². The van der Waals surface area contributed by atoms with E-state index in [2.05, 4.69) is 15.4 Å². The van der Waals surface area contributed by atoms with Crippen LogP contribution in [-0.2, 0) is 26.1 Å². The van der Waals surface area contributed by atoms with Gasteiger partial charge in [0.15, 0.2) is 5.78 Å². The van der Waals surface area contributed by atoms with Gasteiger partial charge >= 0.3 is 6.18 Å². The molecule has 0 bridgehead atoms. The number of benzene rings is 2. The summed E-state index contributed by atoms with van der Waals surface area (Å²) in [4.78, 5) is 13.1. The molecule has 0 amide bonds. The topological polar surface area (TPSA) is 65.6 Å². The Balaban J connectivity index is 1.61. The van der Waals surface area contributed by atoms with Crippen molar-refractivity contribution in [3.63, 3.8) is 0 Å². The summed E-state index contributed by atoms with van der Waals surface area (Å²) in [7, 11) is 1.85. The van der Waals surface area contributed by atoms with E-state index < -0.39 is 11.7 Å². The summed E-state index contributed by atoms with van der Waals surface area (Å²) < 4.78 is 44.0. The first kappa shape index (κ1) is 26.3. The van der Waals surface area contributed by atoms with Crippen molar-refractivity contribution in [1.82, 2.24) is 24.8 Å². The van der Waals surface area contributed by atoms with Gasteiger partial charge < -0.3 is 0 Å². The van der Waals surface area contributed by atoms with Gasteiger partial charge in [-0.2, -0.15) is 18.3 Å². The minimum atomic E-state index is -4.52. The largest absolute Gasteiger partial charge is 0.416 e. The summed E-state index contributed by atoms with van der Waals surface area (Å²) in [6.45, 7) is 7.90. The lowest BCUT2D eigenvalue weighted by molar-refractivity contribution is -0.137. The SMILES string of the molecule is Cc1ccc(CC(=O)c2cc(CCC(C)C)cc(C(F)(F)F)c2)cc1-n1cc(-c2cnn(C)c2C)nn1. The molecule has 0 N–H and O–H groups in total. The molecule has 2 heterocycles. The van der Waals surface area contributed by atoms with Crippen molar-refractivity contribution in [3.8, 4) is 16.9 Å². The molecule has 0 aliphatic rings. The maximum absolute atomic E-state index is 13.5. The number of aryl methyl sites for hydroxylation is 3. The lowest BCUT2D eigenvalue weighted by atomic mass is 9.95. The number of halogens is 3. The molecular formula is C28H30F3N5O. The molecule has 0 aliphatic heterocycles. The van der Waals surface area contributed by atoms with Crippen LogP contribution in [0.1, 0.15) is 58.6 Å². The summed E-state index contributed by atoms with van der Waals surface area (Å²) in [6, 6.07) is 9.21. The van der Waals surface area contributed by atoms with Crippen LogP contribution >= 0.6 is 0 Å². The molecule has 4 rings (SSSR count). The number of hydrogen-bond donors (Lipinski definition) is 0. The molecule has 6 nitrogen and oxygen atoms in total. The van der Waals surface area contributed by atoms with Crippen LogP contribution in [0.3, 0.4) is 0 Å². The van der Waals surface area contributed by atoms with Gasteiger partial charge in [-0.3, -0.25) is 9.48 Å². The number of aromatic nitrogens is 5. The molecule has 0 aliphatic carbocycles. The molecule has 37 heavy (non-hydrogen) atoms. The maximum atomic E-state index is 13.5. The summed E-state index contributed by atoms with van der Waals surface area (Å²) in [5.41, 5.74) is 4.65. The predicted molar refractivity (Wildman–Crippen MR) is 136 cm³/mol. The lowest BCUT2D eigenvalue weighted by Gasteiger charge is -2.13. The van der Waals surface area contributed by atoms with Crippen molar-refractivity contribution >= 4 is 5.78 Å². The van der Waals surface area contributed by atoms with Crippen LogP contribution in [0.2, 0.25) is 0 Å². The molecular weight excluding hydrogens is 479 g/mol. The number of carbonyl (C=O) groups is 1. The van der Waals surface area contributed by atoms with Crippen molar-refractivity contribution in [3.05, 3.63) is 82.3 Å². The first-order chi connectivity index (χ1) is 17.4. The number of alkyl halides is 3. The Labute approximate surface area is 214 Å². The van der Waals surface area contributed by atoms with Gasteiger partial charge in [0.25, 0.3) is 0 Å². The summed E-state index contributed by atoms with van der Waals surface area (Å²) >= 11 is 0. The quantitative estimate of drug-likeness (QED) is 0.261. The highest BCUT2D eigenvalue weighted by atomic mass is 19.4. The fourth-order valence-electron chi connectivity index (χ4n) is 4.17. The second kappa shape index (κ2) is 10.3. The molecule has 0 saturated carbocycles. The summed E-state index contributed by atoms with van der Waals surface area (Å²) in [5.74, 6) is -0.0176. The van der Waals surface area contributed by atoms with Crippen molar-refractivity contribution in [2.75, 3.05) is 0 Å². The number of rotatable bonds is 8.